The van der Waals surface area contributed by atoms with Gasteiger partial charge in [-0.2, -0.15) is 13.2 Å². The van der Waals surface area contributed by atoms with E-state index in [9.17, 15) is 22.4 Å². The Bertz CT molecular complexity index is 653. The molecule has 0 unspecified atom stereocenters. The fourth-order valence-electron chi connectivity index (χ4n) is 1.57. The summed E-state index contributed by atoms with van der Waals surface area (Å²) in [5, 5.41) is 0. The van der Waals surface area contributed by atoms with Crippen LogP contribution in [0, 0.1) is 5.82 Å². The van der Waals surface area contributed by atoms with Gasteiger partial charge in [-0.3, -0.25) is 4.79 Å². The monoisotopic (exact) mass is 284 g/mol. The quantitative estimate of drug-likeness (QED) is 0.617. The first-order valence-electron chi connectivity index (χ1n) is 5.49. The summed E-state index contributed by atoms with van der Waals surface area (Å²) in [4.78, 5) is 10.4. The predicted octanol–water partition coefficient (Wildman–Crippen LogP) is 4.42. The summed E-state index contributed by atoms with van der Waals surface area (Å²) in [6, 6.07) is 5.11. The lowest BCUT2D eigenvalue weighted by Crippen LogP contribution is -2.05. The Morgan fingerprint density at radius 2 is 1.70 bits per heavy atom. The zero-order valence-corrected chi connectivity index (χ0v) is 9.95. The molecule has 0 aliphatic carbocycles. The molecule has 0 saturated heterocycles. The number of furan rings is 1. The van der Waals surface area contributed by atoms with Crippen LogP contribution in [0.25, 0.3) is 12.2 Å². The second-order valence-electron chi connectivity index (χ2n) is 3.96. The Kier molecular flexibility index (Phi) is 3.74. The first-order chi connectivity index (χ1) is 9.38. The fraction of sp³-hybridized carbons (Fsp3) is 0.0714. The Balaban J connectivity index is 2.29. The first kappa shape index (κ1) is 14.0. The van der Waals surface area contributed by atoms with Gasteiger partial charge in [-0.1, -0.05) is 6.08 Å². The van der Waals surface area contributed by atoms with Gasteiger partial charge in [-0.15, -0.1) is 0 Å². The number of hydrogen-bond donors (Lipinski definition) is 0. The zero-order chi connectivity index (χ0) is 14.8. The van der Waals surface area contributed by atoms with E-state index in [1.54, 1.807) is 0 Å². The molecule has 0 fully saturated rings. The highest BCUT2D eigenvalue weighted by Gasteiger charge is 2.31. The molecule has 2 nitrogen and oxygen atoms in total. The van der Waals surface area contributed by atoms with Crippen molar-refractivity contribution in [3.05, 3.63) is 58.8 Å². The smallest absolute Gasteiger partial charge is 0.416 e. The molecule has 6 heteroatoms. The number of rotatable bonds is 3. The number of aldehydes is 1. The van der Waals surface area contributed by atoms with E-state index in [0.717, 1.165) is 12.1 Å². The number of carbonyl (C=O) groups is 1. The third-order valence-electron chi connectivity index (χ3n) is 2.45. The highest BCUT2D eigenvalue weighted by atomic mass is 19.4. The lowest BCUT2D eigenvalue weighted by molar-refractivity contribution is -0.137. The van der Waals surface area contributed by atoms with Crippen molar-refractivity contribution >= 4 is 18.4 Å². The standard InChI is InChI=1S/C14H8F4O2/c15-11-6-9(5-10(7-11)14(16,17)18)1-2-12-3-4-13(8-19)20-12/h1-8H/b2-1+. The number of halogens is 4. The number of alkyl halides is 3. The summed E-state index contributed by atoms with van der Waals surface area (Å²) in [6.45, 7) is 0. The van der Waals surface area contributed by atoms with Gasteiger partial charge in [-0.25, -0.2) is 4.39 Å². The molecule has 0 spiro atoms. The van der Waals surface area contributed by atoms with Gasteiger partial charge in [0.1, 0.15) is 11.6 Å². The van der Waals surface area contributed by atoms with E-state index in [4.69, 9.17) is 4.42 Å². The molecule has 0 aliphatic heterocycles. The molecule has 0 bridgehead atoms. The normalized spacial score (nSPS) is 12.0. The topological polar surface area (TPSA) is 30.2 Å². The Morgan fingerprint density at radius 3 is 2.30 bits per heavy atom. The van der Waals surface area contributed by atoms with Gasteiger partial charge in [-0.05, 0) is 42.0 Å². The summed E-state index contributed by atoms with van der Waals surface area (Å²) in [7, 11) is 0. The van der Waals surface area contributed by atoms with E-state index in [0.29, 0.717) is 12.4 Å². The fourth-order valence-corrected chi connectivity index (χ4v) is 1.57. The van der Waals surface area contributed by atoms with Crippen LogP contribution in [-0.4, -0.2) is 6.29 Å². The van der Waals surface area contributed by atoms with E-state index >= 15 is 0 Å². The van der Waals surface area contributed by atoms with Crippen molar-refractivity contribution < 1.29 is 26.8 Å². The molecule has 1 aromatic carbocycles. The van der Waals surface area contributed by atoms with Crippen LogP contribution in [0.3, 0.4) is 0 Å². The van der Waals surface area contributed by atoms with Gasteiger partial charge >= 0.3 is 6.18 Å². The Morgan fingerprint density at radius 1 is 1.00 bits per heavy atom. The van der Waals surface area contributed by atoms with Crippen molar-refractivity contribution in [2.75, 3.05) is 0 Å². The van der Waals surface area contributed by atoms with E-state index in [1.807, 2.05) is 0 Å². The van der Waals surface area contributed by atoms with Crippen molar-refractivity contribution in [2.24, 2.45) is 0 Å². The van der Waals surface area contributed by atoms with Crippen LogP contribution in [0.15, 0.2) is 34.7 Å². The van der Waals surface area contributed by atoms with E-state index in [2.05, 4.69) is 0 Å². The molecule has 1 aromatic heterocycles. The van der Waals surface area contributed by atoms with Gasteiger partial charge in [0, 0.05) is 0 Å². The van der Waals surface area contributed by atoms with Gasteiger partial charge in [0.25, 0.3) is 0 Å². The van der Waals surface area contributed by atoms with Crippen LogP contribution >= 0.6 is 0 Å². The summed E-state index contributed by atoms with van der Waals surface area (Å²) in [5.41, 5.74) is -1.02. The molecule has 2 rings (SSSR count). The maximum atomic E-state index is 13.1. The SMILES string of the molecule is O=Cc1ccc(/C=C/c2cc(F)cc(C(F)(F)F)c2)o1. The number of carbonyl (C=O) groups excluding carboxylic acids is 1. The molecule has 0 atom stereocenters. The van der Waals surface area contributed by atoms with Crippen LogP contribution < -0.4 is 0 Å². The summed E-state index contributed by atoms with van der Waals surface area (Å²) in [6.07, 6.45) is -1.49. The van der Waals surface area contributed by atoms with Crippen LogP contribution in [0.4, 0.5) is 17.6 Å². The molecule has 0 radical (unpaired) electrons. The Labute approximate surface area is 111 Å². The molecule has 104 valence electrons. The summed E-state index contributed by atoms with van der Waals surface area (Å²) in [5.74, 6) is -0.600. The molecular formula is C14H8F4O2. The molecule has 0 saturated carbocycles. The lowest BCUT2D eigenvalue weighted by atomic mass is 10.1. The highest BCUT2D eigenvalue weighted by Crippen LogP contribution is 2.30. The zero-order valence-electron chi connectivity index (χ0n) is 9.95. The van der Waals surface area contributed by atoms with Gasteiger partial charge in [0.15, 0.2) is 12.0 Å². The molecule has 1 heterocycles. The van der Waals surface area contributed by atoms with Crippen LogP contribution in [0.2, 0.25) is 0 Å². The molecule has 20 heavy (non-hydrogen) atoms. The van der Waals surface area contributed by atoms with E-state index in [1.165, 1.54) is 24.3 Å². The third-order valence-corrected chi connectivity index (χ3v) is 2.45. The molecule has 0 aliphatic rings. The van der Waals surface area contributed by atoms with Crippen LogP contribution in [0.5, 0.6) is 0 Å². The minimum Gasteiger partial charge on any atom is -0.454 e. The van der Waals surface area contributed by atoms with Crippen molar-refractivity contribution in [3.63, 3.8) is 0 Å². The number of benzene rings is 1. The maximum Gasteiger partial charge on any atom is 0.416 e. The van der Waals surface area contributed by atoms with Crippen LogP contribution in [0.1, 0.15) is 27.4 Å². The highest BCUT2D eigenvalue weighted by molar-refractivity contribution is 5.73. The summed E-state index contributed by atoms with van der Waals surface area (Å²) < 4.78 is 55.7. The van der Waals surface area contributed by atoms with Gasteiger partial charge in [0.05, 0.1) is 5.56 Å². The van der Waals surface area contributed by atoms with E-state index < -0.39 is 17.6 Å². The second kappa shape index (κ2) is 5.32. The van der Waals surface area contributed by atoms with Gasteiger partial charge < -0.3 is 4.42 Å². The average molecular weight is 284 g/mol. The lowest BCUT2D eigenvalue weighted by Gasteiger charge is -2.07. The van der Waals surface area contributed by atoms with Crippen LogP contribution in [-0.2, 0) is 6.18 Å². The minimum absolute atomic E-state index is 0.0429. The second-order valence-corrected chi connectivity index (χ2v) is 3.96. The first-order valence-corrected chi connectivity index (χ1v) is 5.49. The number of hydrogen-bond acceptors (Lipinski definition) is 2. The Hall–Kier alpha value is -2.37. The summed E-state index contributed by atoms with van der Waals surface area (Å²) >= 11 is 0. The molecular weight excluding hydrogens is 276 g/mol. The van der Waals surface area contributed by atoms with Gasteiger partial charge in [0.2, 0.25) is 0 Å². The van der Waals surface area contributed by atoms with E-state index in [-0.39, 0.29) is 17.1 Å². The van der Waals surface area contributed by atoms with Crippen molar-refractivity contribution in [3.8, 4) is 0 Å². The van der Waals surface area contributed by atoms with Crippen molar-refractivity contribution in [1.82, 2.24) is 0 Å². The maximum absolute atomic E-state index is 13.1. The van der Waals surface area contributed by atoms with Crippen molar-refractivity contribution in [1.29, 1.82) is 0 Å². The van der Waals surface area contributed by atoms with Crippen molar-refractivity contribution in [2.45, 2.75) is 6.18 Å². The average Bonchev–Trinajstić information content (AvgIpc) is 2.82. The molecule has 0 amide bonds. The molecule has 0 N–H and O–H groups in total. The third kappa shape index (κ3) is 3.34. The minimum atomic E-state index is -4.61. The largest absolute Gasteiger partial charge is 0.454 e. The predicted molar refractivity (Wildman–Crippen MR) is 64.4 cm³/mol. The molecule has 2 aromatic rings.